The molecule has 0 saturated carbocycles. The number of carbonyl (C=O) groups excluding carboxylic acids is 1. The zero-order valence-electron chi connectivity index (χ0n) is 8.30. The fourth-order valence-corrected chi connectivity index (χ4v) is 0.912. The lowest BCUT2D eigenvalue weighted by Crippen LogP contribution is -2.33. The zero-order valence-corrected chi connectivity index (χ0v) is 8.30. The van der Waals surface area contributed by atoms with E-state index in [0.29, 0.717) is 13.1 Å². The van der Waals surface area contributed by atoms with Gasteiger partial charge in [-0.25, -0.2) is 9.59 Å². The van der Waals surface area contributed by atoms with Gasteiger partial charge in [0.25, 0.3) is 0 Å². The van der Waals surface area contributed by atoms with Crippen molar-refractivity contribution in [2.45, 2.75) is 19.3 Å². The quantitative estimate of drug-likeness (QED) is 0.469. The summed E-state index contributed by atoms with van der Waals surface area (Å²) in [6.45, 7) is 1.09. The smallest absolute Gasteiger partial charge is 0.404 e. The maximum absolute atomic E-state index is 10.7. The lowest BCUT2D eigenvalue weighted by atomic mass is 10.2. The molecular weight excluding hydrogens is 186 g/mol. The summed E-state index contributed by atoms with van der Waals surface area (Å²) in [6.07, 6.45) is 1.55. The molecule has 0 aromatic carbocycles. The van der Waals surface area contributed by atoms with Gasteiger partial charge in [0.05, 0.1) is 0 Å². The largest absolute Gasteiger partial charge is 0.465 e. The number of unbranched alkanes of at least 4 members (excludes halogenated alkanes) is 2. The molecule has 0 spiro atoms. The number of amides is 3. The van der Waals surface area contributed by atoms with Crippen LogP contribution in [0.4, 0.5) is 9.59 Å². The Balaban J connectivity index is 3.06. The normalized spacial score (nSPS) is 9.21. The first kappa shape index (κ1) is 12.5. The van der Waals surface area contributed by atoms with Gasteiger partial charge in [0.2, 0.25) is 0 Å². The maximum Gasteiger partial charge on any atom is 0.404 e. The number of hydrogen-bond acceptors (Lipinski definition) is 2. The van der Waals surface area contributed by atoms with E-state index < -0.39 is 6.09 Å². The topological polar surface area (TPSA) is 90.5 Å². The Morgan fingerprint density at radius 3 is 2.14 bits per heavy atom. The van der Waals surface area contributed by atoms with Crippen molar-refractivity contribution in [3.63, 3.8) is 0 Å². The second kappa shape index (κ2) is 8.15. The van der Waals surface area contributed by atoms with Gasteiger partial charge in [-0.2, -0.15) is 0 Å². The van der Waals surface area contributed by atoms with Gasteiger partial charge < -0.3 is 21.1 Å². The van der Waals surface area contributed by atoms with Gasteiger partial charge in [0.15, 0.2) is 0 Å². The average molecular weight is 203 g/mol. The molecule has 0 rings (SSSR count). The monoisotopic (exact) mass is 203 g/mol. The minimum Gasteiger partial charge on any atom is -0.465 e. The van der Waals surface area contributed by atoms with E-state index in [4.69, 9.17) is 5.11 Å². The highest BCUT2D eigenvalue weighted by molar-refractivity contribution is 5.73. The Morgan fingerprint density at radius 2 is 1.64 bits per heavy atom. The van der Waals surface area contributed by atoms with Gasteiger partial charge in [0.1, 0.15) is 0 Å². The van der Waals surface area contributed by atoms with E-state index in [2.05, 4.69) is 16.0 Å². The van der Waals surface area contributed by atoms with Gasteiger partial charge in [-0.15, -0.1) is 0 Å². The van der Waals surface area contributed by atoms with Crippen molar-refractivity contribution in [3.05, 3.63) is 0 Å². The SMILES string of the molecule is CNC(=O)NCCCCCNC(=O)O. The number of nitrogens with one attached hydrogen (secondary N) is 3. The summed E-state index contributed by atoms with van der Waals surface area (Å²) >= 11 is 0. The molecule has 3 amide bonds. The molecule has 0 atom stereocenters. The third-order valence-corrected chi connectivity index (χ3v) is 1.64. The average Bonchev–Trinajstić information content (AvgIpc) is 2.15. The number of hydrogen-bond donors (Lipinski definition) is 4. The second-order valence-electron chi connectivity index (χ2n) is 2.80. The molecular formula is C8H17N3O3. The molecule has 0 aliphatic rings. The second-order valence-corrected chi connectivity index (χ2v) is 2.80. The fraction of sp³-hybridized carbons (Fsp3) is 0.750. The van der Waals surface area contributed by atoms with Crippen LogP contribution in [0.25, 0.3) is 0 Å². The van der Waals surface area contributed by atoms with Gasteiger partial charge in [-0.1, -0.05) is 0 Å². The van der Waals surface area contributed by atoms with Crippen molar-refractivity contribution in [2.24, 2.45) is 0 Å². The highest BCUT2D eigenvalue weighted by Crippen LogP contribution is 1.91. The van der Waals surface area contributed by atoms with Crippen LogP contribution in [0.15, 0.2) is 0 Å². The van der Waals surface area contributed by atoms with E-state index >= 15 is 0 Å². The molecule has 0 aromatic rings. The third kappa shape index (κ3) is 8.63. The summed E-state index contributed by atoms with van der Waals surface area (Å²) < 4.78 is 0. The van der Waals surface area contributed by atoms with E-state index in [0.717, 1.165) is 19.3 Å². The van der Waals surface area contributed by atoms with Crippen LogP contribution in [-0.2, 0) is 0 Å². The van der Waals surface area contributed by atoms with Crippen LogP contribution in [0, 0.1) is 0 Å². The molecule has 0 fully saturated rings. The van der Waals surface area contributed by atoms with Crippen LogP contribution in [0.2, 0.25) is 0 Å². The summed E-state index contributed by atoms with van der Waals surface area (Å²) in [5.41, 5.74) is 0. The van der Waals surface area contributed by atoms with Crippen LogP contribution < -0.4 is 16.0 Å². The molecule has 0 aromatic heterocycles. The molecule has 4 N–H and O–H groups in total. The predicted octanol–water partition coefficient (Wildman–Crippen LogP) is 0.353. The highest BCUT2D eigenvalue weighted by Gasteiger charge is 1.95. The van der Waals surface area contributed by atoms with E-state index in [-0.39, 0.29) is 6.03 Å². The molecule has 0 aliphatic carbocycles. The molecule has 0 bridgehead atoms. The minimum atomic E-state index is -0.992. The van der Waals surface area contributed by atoms with Crippen LogP contribution in [0.5, 0.6) is 0 Å². The summed E-state index contributed by atoms with van der Waals surface area (Å²) in [4.78, 5) is 20.7. The molecule has 82 valence electrons. The molecule has 0 saturated heterocycles. The first-order valence-corrected chi connectivity index (χ1v) is 4.59. The number of rotatable bonds is 6. The standard InChI is InChI=1S/C8H17N3O3/c1-9-7(12)10-5-3-2-4-6-11-8(13)14/h11H,2-6H2,1H3,(H,13,14)(H2,9,10,12). The Hall–Kier alpha value is -1.46. The Morgan fingerprint density at radius 1 is 1.07 bits per heavy atom. The van der Waals surface area contributed by atoms with Crippen LogP contribution in [-0.4, -0.2) is 37.4 Å². The van der Waals surface area contributed by atoms with Crippen molar-refractivity contribution in [2.75, 3.05) is 20.1 Å². The van der Waals surface area contributed by atoms with Crippen molar-refractivity contribution >= 4 is 12.1 Å². The van der Waals surface area contributed by atoms with Crippen LogP contribution in [0.3, 0.4) is 0 Å². The predicted molar refractivity (Wildman–Crippen MR) is 52.3 cm³/mol. The molecule has 0 aliphatic heterocycles. The van der Waals surface area contributed by atoms with E-state index in [1.165, 1.54) is 0 Å². The van der Waals surface area contributed by atoms with Gasteiger partial charge in [-0.3, -0.25) is 0 Å². The fourth-order valence-electron chi connectivity index (χ4n) is 0.912. The van der Waals surface area contributed by atoms with E-state index in [1.54, 1.807) is 7.05 Å². The van der Waals surface area contributed by atoms with Crippen LogP contribution >= 0.6 is 0 Å². The zero-order chi connectivity index (χ0) is 10.8. The Labute approximate surface area is 83.1 Å². The summed E-state index contributed by atoms with van der Waals surface area (Å²) in [5.74, 6) is 0. The molecule has 14 heavy (non-hydrogen) atoms. The molecule has 0 radical (unpaired) electrons. The van der Waals surface area contributed by atoms with E-state index in [9.17, 15) is 9.59 Å². The first-order chi connectivity index (χ1) is 6.66. The van der Waals surface area contributed by atoms with Crippen LogP contribution in [0.1, 0.15) is 19.3 Å². The van der Waals surface area contributed by atoms with Crippen molar-refractivity contribution in [3.8, 4) is 0 Å². The van der Waals surface area contributed by atoms with Crippen molar-refractivity contribution < 1.29 is 14.7 Å². The molecule has 6 nitrogen and oxygen atoms in total. The van der Waals surface area contributed by atoms with Gasteiger partial charge in [-0.05, 0) is 19.3 Å². The molecule has 0 unspecified atom stereocenters. The van der Waals surface area contributed by atoms with Gasteiger partial charge in [0, 0.05) is 20.1 Å². The Kier molecular flexibility index (Phi) is 7.30. The number of urea groups is 1. The summed E-state index contributed by atoms with van der Waals surface area (Å²) in [5, 5.41) is 15.6. The van der Waals surface area contributed by atoms with Gasteiger partial charge >= 0.3 is 12.1 Å². The Bertz CT molecular complexity index is 185. The minimum absolute atomic E-state index is 0.186. The number of carboxylic acid groups (broad SMARTS) is 1. The van der Waals surface area contributed by atoms with E-state index in [1.807, 2.05) is 0 Å². The summed E-state index contributed by atoms with van der Waals surface area (Å²) in [7, 11) is 1.56. The lowest BCUT2D eigenvalue weighted by molar-refractivity contribution is 0.194. The maximum atomic E-state index is 10.7. The molecule has 0 heterocycles. The lowest BCUT2D eigenvalue weighted by Gasteiger charge is -2.03. The van der Waals surface area contributed by atoms with Crippen molar-refractivity contribution in [1.29, 1.82) is 0 Å². The number of carbonyl (C=O) groups is 2. The molecule has 6 heteroatoms. The summed E-state index contributed by atoms with van der Waals surface area (Å²) in [6, 6.07) is -0.186. The third-order valence-electron chi connectivity index (χ3n) is 1.64. The highest BCUT2D eigenvalue weighted by atomic mass is 16.4. The first-order valence-electron chi connectivity index (χ1n) is 4.59. The van der Waals surface area contributed by atoms with Crippen molar-refractivity contribution in [1.82, 2.24) is 16.0 Å².